The van der Waals surface area contributed by atoms with Gasteiger partial charge in [0.1, 0.15) is 5.69 Å². The van der Waals surface area contributed by atoms with E-state index in [9.17, 15) is 4.79 Å². The van der Waals surface area contributed by atoms with Crippen LogP contribution < -0.4 is 5.32 Å². The van der Waals surface area contributed by atoms with Gasteiger partial charge in [-0.2, -0.15) is 0 Å². The molecule has 0 spiro atoms. The highest BCUT2D eigenvalue weighted by Gasteiger charge is 2.11. The number of hydrogen-bond acceptors (Lipinski definition) is 2. The molecule has 0 saturated carbocycles. The average molecular weight is 224 g/mol. The minimum atomic E-state index is -0.0520. The third-order valence-electron chi connectivity index (χ3n) is 2.84. The van der Waals surface area contributed by atoms with Crippen molar-refractivity contribution in [3.63, 3.8) is 0 Å². The van der Waals surface area contributed by atoms with Crippen molar-refractivity contribution >= 4 is 5.91 Å². The normalized spacial score (nSPS) is 12.4. The predicted molar refractivity (Wildman–Crippen MR) is 63.2 cm³/mol. The number of aliphatic hydroxyl groups is 1. The topological polar surface area (TPSA) is 54.3 Å². The van der Waals surface area contributed by atoms with Crippen LogP contribution in [0.4, 0.5) is 0 Å². The second-order valence-electron chi connectivity index (χ2n) is 4.00. The molecule has 0 radical (unpaired) electrons. The van der Waals surface area contributed by atoms with Gasteiger partial charge >= 0.3 is 0 Å². The molecule has 1 unspecified atom stereocenters. The monoisotopic (exact) mass is 224 g/mol. The highest BCUT2D eigenvalue weighted by Crippen LogP contribution is 2.06. The molecule has 4 nitrogen and oxygen atoms in total. The molecular formula is C12H20N2O2. The Morgan fingerprint density at radius 3 is 2.88 bits per heavy atom. The predicted octanol–water partition coefficient (Wildman–Crippen LogP) is 1.16. The molecule has 16 heavy (non-hydrogen) atoms. The van der Waals surface area contributed by atoms with Crippen LogP contribution in [0.5, 0.6) is 0 Å². The van der Waals surface area contributed by atoms with Gasteiger partial charge in [0.2, 0.25) is 0 Å². The zero-order chi connectivity index (χ0) is 12.0. The van der Waals surface area contributed by atoms with Crippen molar-refractivity contribution in [2.75, 3.05) is 13.2 Å². The lowest BCUT2D eigenvalue weighted by Gasteiger charge is -2.14. The van der Waals surface area contributed by atoms with Crippen molar-refractivity contribution in [3.8, 4) is 0 Å². The van der Waals surface area contributed by atoms with Crippen molar-refractivity contribution < 1.29 is 9.90 Å². The Labute approximate surface area is 96.3 Å². The van der Waals surface area contributed by atoms with E-state index in [0.717, 1.165) is 12.8 Å². The first-order valence-electron chi connectivity index (χ1n) is 5.69. The van der Waals surface area contributed by atoms with Crippen LogP contribution in [0, 0.1) is 5.92 Å². The molecule has 90 valence electrons. The minimum Gasteiger partial charge on any atom is -0.396 e. The fourth-order valence-corrected chi connectivity index (χ4v) is 1.66. The van der Waals surface area contributed by atoms with E-state index in [-0.39, 0.29) is 12.5 Å². The molecule has 2 N–H and O–H groups in total. The van der Waals surface area contributed by atoms with E-state index in [1.165, 1.54) is 0 Å². The summed E-state index contributed by atoms with van der Waals surface area (Å²) in [5.74, 6) is 0.304. The van der Waals surface area contributed by atoms with E-state index in [2.05, 4.69) is 12.2 Å². The molecule has 0 aliphatic carbocycles. The van der Waals surface area contributed by atoms with Gasteiger partial charge in [0.25, 0.3) is 5.91 Å². The smallest absolute Gasteiger partial charge is 0.267 e. The van der Waals surface area contributed by atoms with Crippen molar-refractivity contribution in [2.24, 2.45) is 13.0 Å². The summed E-state index contributed by atoms with van der Waals surface area (Å²) in [6, 6.07) is 3.64. The number of aromatic nitrogens is 1. The standard InChI is InChI=1S/C12H20N2O2/c1-3-10(6-8-15)9-13-12(16)11-5-4-7-14(11)2/h4-5,7,10,15H,3,6,8-9H2,1-2H3,(H,13,16). The van der Waals surface area contributed by atoms with Crippen molar-refractivity contribution in [1.29, 1.82) is 0 Å². The van der Waals surface area contributed by atoms with E-state index in [4.69, 9.17) is 5.11 Å². The van der Waals surface area contributed by atoms with Gasteiger partial charge in [-0.05, 0) is 24.5 Å². The molecule has 1 amide bonds. The molecule has 0 aromatic carbocycles. The molecule has 0 fully saturated rings. The number of hydrogen-bond donors (Lipinski definition) is 2. The minimum absolute atomic E-state index is 0.0520. The quantitative estimate of drug-likeness (QED) is 0.762. The summed E-state index contributed by atoms with van der Waals surface area (Å²) in [6.45, 7) is 2.87. The van der Waals surface area contributed by atoms with Crippen molar-refractivity contribution in [1.82, 2.24) is 9.88 Å². The first-order valence-corrected chi connectivity index (χ1v) is 5.69. The molecule has 1 aromatic heterocycles. The third kappa shape index (κ3) is 3.38. The van der Waals surface area contributed by atoms with Gasteiger partial charge in [0.15, 0.2) is 0 Å². The Hall–Kier alpha value is -1.29. The average Bonchev–Trinajstić information content (AvgIpc) is 2.70. The molecule has 4 heteroatoms. The Balaban J connectivity index is 2.43. The number of nitrogens with zero attached hydrogens (tertiary/aromatic N) is 1. The summed E-state index contributed by atoms with van der Waals surface area (Å²) in [6.07, 6.45) is 3.55. The summed E-state index contributed by atoms with van der Waals surface area (Å²) < 4.78 is 1.79. The summed E-state index contributed by atoms with van der Waals surface area (Å²) in [7, 11) is 1.85. The largest absolute Gasteiger partial charge is 0.396 e. The van der Waals surface area contributed by atoms with Crippen LogP contribution in [0.3, 0.4) is 0 Å². The van der Waals surface area contributed by atoms with Gasteiger partial charge in [-0.1, -0.05) is 13.3 Å². The number of aliphatic hydroxyl groups excluding tert-OH is 1. The maximum atomic E-state index is 11.8. The van der Waals surface area contributed by atoms with Crippen LogP contribution >= 0.6 is 0 Å². The van der Waals surface area contributed by atoms with E-state index in [1.807, 2.05) is 19.3 Å². The fraction of sp³-hybridized carbons (Fsp3) is 0.583. The molecule has 1 rings (SSSR count). The highest BCUT2D eigenvalue weighted by molar-refractivity contribution is 5.92. The third-order valence-corrected chi connectivity index (χ3v) is 2.84. The van der Waals surface area contributed by atoms with Crippen LogP contribution in [-0.4, -0.2) is 28.7 Å². The zero-order valence-corrected chi connectivity index (χ0v) is 9.94. The Morgan fingerprint density at radius 1 is 1.62 bits per heavy atom. The van der Waals surface area contributed by atoms with Crippen molar-refractivity contribution in [3.05, 3.63) is 24.0 Å². The van der Waals surface area contributed by atoms with Gasteiger partial charge in [0.05, 0.1) is 0 Å². The summed E-state index contributed by atoms with van der Waals surface area (Å²) in [5, 5.41) is 11.7. The number of amides is 1. The molecule has 0 bridgehead atoms. The maximum Gasteiger partial charge on any atom is 0.267 e. The van der Waals surface area contributed by atoms with Crippen LogP contribution in [0.15, 0.2) is 18.3 Å². The van der Waals surface area contributed by atoms with E-state index < -0.39 is 0 Å². The fourth-order valence-electron chi connectivity index (χ4n) is 1.66. The first kappa shape index (κ1) is 12.8. The van der Waals surface area contributed by atoms with Crippen LogP contribution in [-0.2, 0) is 7.05 Å². The van der Waals surface area contributed by atoms with E-state index in [0.29, 0.717) is 18.2 Å². The summed E-state index contributed by atoms with van der Waals surface area (Å²) >= 11 is 0. The summed E-state index contributed by atoms with van der Waals surface area (Å²) in [4.78, 5) is 11.8. The van der Waals surface area contributed by atoms with Gasteiger partial charge in [-0.3, -0.25) is 4.79 Å². The van der Waals surface area contributed by atoms with E-state index in [1.54, 1.807) is 10.6 Å². The molecule has 0 aliphatic rings. The van der Waals surface area contributed by atoms with Crippen LogP contribution in [0.25, 0.3) is 0 Å². The Bertz CT molecular complexity index is 334. The SMILES string of the molecule is CCC(CCO)CNC(=O)c1cccn1C. The second kappa shape index (κ2) is 6.33. The van der Waals surface area contributed by atoms with Gasteiger partial charge in [-0.15, -0.1) is 0 Å². The molecule has 0 saturated heterocycles. The molecule has 1 aromatic rings. The molecule has 1 heterocycles. The van der Waals surface area contributed by atoms with Gasteiger partial charge in [-0.25, -0.2) is 0 Å². The number of carbonyl (C=O) groups excluding carboxylic acids is 1. The number of nitrogens with one attached hydrogen (secondary N) is 1. The lowest BCUT2D eigenvalue weighted by atomic mass is 10.0. The lowest BCUT2D eigenvalue weighted by molar-refractivity contribution is 0.0935. The van der Waals surface area contributed by atoms with Crippen molar-refractivity contribution in [2.45, 2.75) is 19.8 Å². The van der Waals surface area contributed by atoms with Crippen LogP contribution in [0.2, 0.25) is 0 Å². The molecule has 0 aliphatic heterocycles. The number of carbonyl (C=O) groups is 1. The van der Waals surface area contributed by atoms with Gasteiger partial charge < -0.3 is 15.0 Å². The maximum absolute atomic E-state index is 11.8. The zero-order valence-electron chi connectivity index (χ0n) is 9.94. The summed E-state index contributed by atoms with van der Waals surface area (Å²) in [5.41, 5.74) is 0.666. The molecular weight excluding hydrogens is 204 g/mol. The first-order chi connectivity index (χ1) is 7.69. The van der Waals surface area contributed by atoms with Gasteiger partial charge in [0, 0.05) is 26.4 Å². The highest BCUT2D eigenvalue weighted by atomic mass is 16.3. The number of rotatable bonds is 6. The Morgan fingerprint density at radius 2 is 2.38 bits per heavy atom. The molecule has 1 atom stereocenters. The lowest BCUT2D eigenvalue weighted by Crippen LogP contribution is -2.30. The number of aryl methyl sites for hydroxylation is 1. The van der Waals surface area contributed by atoms with E-state index >= 15 is 0 Å². The Kier molecular flexibility index (Phi) is 5.05. The second-order valence-corrected chi connectivity index (χ2v) is 4.00. The van der Waals surface area contributed by atoms with Crippen LogP contribution in [0.1, 0.15) is 30.3 Å².